The summed E-state index contributed by atoms with van der Waals surface area (Å²) in [6.45, 7) is 1.29. The zero-order chi connectivity index (χ0) is 9.80. The molecule has 5 nitrogen and oxygen atoms in total. The number of hydrogen-bond acceptors (Lipinski definition) is 5. The van der Waals surface area contributed by atoms with Crippen molar-refractivity contribution >= 4 is 48.6 Å². The van der Waals surface area contributed by atoms with Crippen LogP contribution in [-0.2, 0) is 13.0 Å². The first-order valence-corrected chi connectivity index (χ1v) is 5.29. The van der Waals surface area contributed by atoms with Gasteiger partial charge in [0.2, 0.25) is 0 Å². The molecule has 98 valence electrons. The van der Waals surface area contributed by atoms with E-state index in [9.17, 15) is 0 Å². The molecule has 2 heterocycles. The molecule has 2 aromatic heterocycles. The number of nitrogens with zero attached hydrogens (tertiary/aromatic N) is 4. The molecule has 0 aliphatic carbocycles. The Hall–Kier alpha value is -0.400. The maximum atomic E-state index is 5.42. The van der Waals surface area contributed by atoms with Crippen molar-refractivity contribution in [3.63, 3.8) is 0 Å². The van der Waals surface area contributed by atoms with Crippen molar-refractivity contribution in [1.29, 1.82) is 0 Å². The minimum Gasteiger partial charge on any atom is -0.330 e. The fraction of sp³-hybridized carbons (Fsp3) is 0.375. The average Bonchev–Trinajstić information content (AvgIpc) is 2.79. The molecule has 0 radical (unpaired) electrons. The Bertz CT molecular complexity index is 392. The summed E-state index contributed by atoms with van der Waals surface area (Å²) in [5.41, 5.74) is 9.18. The summed E-state index contributed by atoms with van der Waals surface area (Å²) < 4.78 is 1.78. The third kappa shape index (κ3) is 5.65. The van der Waals surface area contributed by atoms with Gasteiger partial charge in [-0.25, -0.2) is 9.67 Å². The molecule has 2 rings (SSSR count). The maximum Gasteiger partial charge on any atom is 0.0857 e. The molecular formula is C8H14Cl3N5S. The highest BCUT2D eigenvalue weighted by atomic mass is 35.5. The molecule has 2 N–H and O–H groups in total. The van der Waals surface area contributed by atoms with E-state index < -0.39 is 0 Å². The van der Waals surface area contributed by atoms with Crippen LogP contribution in [0.2, 0.25) is 0 Å². The van der Waals surface area contributed by atoms with E-state index in [0.29, 0.717) is 13.1 Å². The van der Waals surface area contributed by atoms with E-state index in [-0.39, 0.29) is 37.2 Å². The van der Waals surface area contributed by atoms with Gasteiger partial charge in [0.15, 0.2) is 0 Å². The van der Waals surface area contributed by atoms with E-state index in [1.807, 2.05) is 17.1 Å². The van der Waals surface area contributed by atoms with Crippen molar-refractivity contribution in [2.24, 2.45) is 5.73 Å². The predicted octanol–water partition coefficient (Wildman–Crippen LogP) is 1.55. The molecule has 0 saturated carbocycles. The lowest BCUT2D eigenvalue weighted by Gasteiger charge is -1.94. The molecule has 9 heteroatoms. The van der Waals surface area contributed by atoms with Gasteiger partial charge < -0.3 is 5.73 Å². The van der Waals surface area contributed by atoms with Gasteiger partial charge in [0.05, 0.1) is 23.4 Å². The van der Waals surface area contributed by atoms with Crippen molar-refractivity contribution in [3.8, 4) is 0 Å². The third-order valence-corrected chi connectivity index (χ3v) is 2.43. The highest BCUT2D eigenvalue weighted by molar-refractivity contribution is 7.07. The summed E-state index contributed by atoms with van der Waals surface area (Å²) in [7, 11) is 0. The van der Waals surface area contributed by atoms with Crippen molar-refractivity contribution in [3.05, 3.63) is 28.5 Å². The van der Waals surface area contributed by atoms with Crippen LogP contribution in [0.4, 0.5) is 0 Å². The third-order valence-electron chi connectivity index (χ3n) is 1.79. The Morgan fingerprint density at radius 1 is 1.24 bits per heavy atom. The lowest BCUT2D eigenvalue weighted by Crippen LogP contribution is -2.02. The molecule has 0 amide bonds. The molecule has 0 aliphatic heterocycles. The van der Waals surface area contributed by atoms with Crippen LogP contribution in [0.25, 0.3) is 0 Å². The smallest absolute Gasteiger partial charge is 0.0857 e. The first-order valence-electron chi connectivity index (χ1n) is 4.34. The molecule has 0 atom stereocenters. The van der Waals surface area contributed by atoms with Gasteiger partial charge in [-0.2, -0.15) is 0 Å². The van der Waals surface area contributed by atoms with E-state index in [4.69, 9.17) is 5.73 Å². The van der Waals surface area contributed by atoms with Gasteiger partial charge in [-0.1, -0.05) is 5.21 Å². The van der Waals surface area contributed by atoms with E-state index in [2.05, 4.69) is 15.3 Å². The van der Waals surface area contributed by atoms with E-state index >= 15 is 0 Å². The van der Waals surface area contributed by atoms with Crippen LogP contribution in [0.3, 0.4) is 0 Å². The van der Waals surface area contributed by atoms with Crippen LogP contribution < -0.4 is 5.73 Å². The molecule has 17 heavy (non-hydrogen) atoms. The molecule has 0 aromatic carbocycles. The summed E-state index contributed by atoms with van der Waals surface area (Å²) >= 11 is 1.58. The van der Waals surface area contributed by atoms with Gasteiger partial charge in [-0.05, 0) is 6.54 Å². The molecule has 0 saturated heterocycles. The minimum atomic E-state index is 0. The summed E-state index contributed by atoms with van der Waals surface area (Å²) in [5, 5.41) is 9.98. The molecule has 0 bridgehead atoms. The quantitative estimate of drug-likeness (QED) is 0.928. The van der Waals surface area contributed by atoms with Gasteiger partial charge in [-0.15, -0.1) is 53.7 Å². The van der Waals surface area contributed by atoms with Crippen molar-refractivity contribution in [1.82, 2.24) is 20.0 Å². The number of aromatic nitrogens is 4. The zero-order valence-corrected chi connectivity index (χ0v) is 12.1. The highest BCUT2D eigenvalue weighted by Gasteiger charge is 2.01. The van der Waals surface area contributed by atoms with Gasteiger partial charge in [0.1, 0.15) is 0 Å². The number of nitrogens with two attached hydrogens (primary N) is 1. The highest BCUT2D eigenvalue weighted by Crippen LogP contribution is 2.03. The number of hydrogen-bond donors (Lipinski definition) is 1. The van der Waals surface area contributed by atoms with Gasteiger partial charge in [0.25, 0.3) is 0 Å². The lowest BCUT2D eigenvalue weighted by atomic mass is 10.3. The maximum absolute atomic E-state index is 5.42. The van der Waals surface area contributed by atoms with Gasteiger partial charge >= 0.3 is 0 Å². The summed E-state index contributed by atoms with van der Waals surface area (Å²) in [6.07, 6.45) is 2.68. The number of rotatable bonds is 4. The van der Waals surface area contributed by atoms with Gasteiger partial charge in [-0.3, -0.25) is 0 Å². The van der Waals surface area contributed by atoms with Crippen molar-refractivity contribution in [2.45, 2.75) is 13.0 Å². The Balaban J connectivity index is 0. The fourth-order valence-electron chi connectivity index (χ4n) is 1.16. The molecular weight excluding hydrogens is 305 g/mol. The summed E-state index contributed by atoms with van der Waals surface area (Å²) in [4.78, 5) is 4.17. The first kappa shape index (κ1) is 19.0. The predicted molar refractivity (Wildman–Crippen MR) is 75.7 cm³/mol. The minimum absolute atomic E-state index is 0. The van der Waals surface area contributed by atoms with Gasteiger partial charge in [0, 0.05) is 18.0 Å². The van der Waals surface area contributed by atoms with Crippen LogP contribution in [0.1, 0.15) is 11.4 Å². The number of thiazole rings is 1. The Morgan fingerprint density at radius 2 is 2.00 bits per heavy atom. The Labute approximate surface area is 122 Å². The van der Waals surface area contributed by atoms with Crippen LogP contribution in [0.15, 0.2) is 17.1 Å². The molecule has 0 aliphatic rings. The summed E-state index contributed by atoms with van der Waals surface area (Å²) in [6, 6.07) is 0. The number of halogens is 3. The lowest BCUT2D eigenvalue weighted by molar-refractivity contribution is 0.640. The zero-order valence-electron chi connectivity index (χ0n) is 8.85. The Kier molecular flexibility index (Phi) is 10.7. The van der Waals surface area contributed by atoms with Crippen LogP contribution in [0, 0.1) is 0 Å². The van der Waals surface area contributed by atoms with Crippen molar-refractivity contribution in [2.75, 3.05) is 6.54 Å². The monoisotopic (exact) mass is 317 g/mol. The normalized spacial score (nSPS) is 8.76. The Morgan fingerprint density at radius 3 is 2.59 bits per heavy atom. The second-order valence-corrected chi connectivity index (χ2v) is 3.64. The molecule has 2 aromatic rings. The van der Waals surface area contributed by atoms with Crippen LogP contribution in [-0.4, -0.2) is 26.5 Å². The van der Waals surface area contributed by atoms with Crippen LogP contribution >= 0.6 is 48.6 Å². The molecule has 0 spiro atoms. The summed E-state index contributed by atoms with van der Waals surface area (Å²) in [5.74, 6) is 0. The van der Waals surface area contributed by atoms with Crippen molar-refractivity contribution < 1.29 is 0 Å². The largest absolute Gasteiger partial charge is 0.330 e. The SMILES string of the molecule is Cl.Cl.Cl.NCCc1cn(Cc2cscn2)nn1. The molecule has 0 unspecified atom stereocenters. The van der Waals surface area contributed by atoms with E-state index in [1.165, 1.54) is 0 Å². The average molecular weight is 319 g/mol. The standard InChI is InChI=1S/C8H11N5S.3ClH/c9-2-1-7-3-13(12-11-7)4-8-5-14-6-10-8;;;/h3,5-6H,1-2,4,9H2;3*1H. The topological polar surface area (TPSA) is 69.6 Å². The molecule has 0 fully saturated rings. The fourth-order valence-corrected chi connectivity index (χ4v) is 1.71. The second-order valence-electron chi connectivity index (χ2n) is 2.93. The van der Waals surface area contributed by atoms with Crippen LogP contribution in [0.5, 0.6) is 0 Å². The second kappa shape index (κ2) is 9.61. The van der Waals surface area contributed by atoms with E-state index in [0.717, 1.165) is 17.8 Å². The first-order chi connectivity index (χ1) is 6.88. The van der Waals surface area contributed by atoms with E-state index in [1.54, 1.807) is 16.0 Å².